The van der Waals surface area contributed by atoms with Gasteiger partial charge in [-0.3, -0.25) is 9.48 Å². The number of carbonyl (C=O) groups excluding carboxylic acids is 1. The van der Waals surface area contributed by atoms with Crippen LogP contribution in [0, 0.1) is 0 Å². The van der Waals surface area contributed by atoms with Crippen molar-refractivity contribution in [2.75, 3.05) is 13.1 Å². The van der Waals surface area contributed by atoms with E-state index in [0.29, 0.717) is 22.8 Å². The fraction of sp³-hybridized carbons (Fsp3) is 0.217. The Balaban J connectivity index is 1.84. The number of aliphatic imine (C=N–C) groups is 2. The Bertz CT molecular complexity index is 1260. The van der Waals surface area contributed by atoms with Crippen LogP contribution >= 0.6 is 0 Å². The molecule has 0 atom stereocenters. The minimum Gasteiger partial charge on any atom is -0.341 e. The zero-order valence-electron chi connectivity index (χ0n) is 16.7. The van der Waals surface area contributed by atoms with Crippen molar-refractivity contribution in [1.29, 1.82) is 0 Å². The fourth-order valence-corrected chi connectivity index (χ4v) is 4.16. The van der Waals surface area contributed by atoms with Gasteiger partial charge < -0.3 is 4.90 Å². The summed E-state index contributed by atoms with van der Waals surface area (Å²) in [7, 11) is 1.90. The number of carbonyl (C=O) groups is 1. The second kappa shape index (κ2) is 6.51. The van der Waals surface area contributed by atoms with E-state index in [-0.39, 0.29) is 5.78 Å². The van der Waals surface area contributed by atoms with E-state index in [0.717, 1.165) is 40.8 Å². The number of aromatic nitrogens is 2. The molecule has 6 heteroatoms. The SMILES string of the molecule is CCN(CC)C1=NC2=C(c3cccc4cnn(C)c34)C(=O)c3ccccc3C2=N1. The van der Waals surface area contributed by atoms with Gasteiger partial charge in [0.1, 0.15) is 11.4 Å². The first kappa shape index (κ1) is 17.6. The summed E-state index contributed by atoms with van der Waals surface area (Å²) in [6, 6.07) is 13.6. The lowest BCUT2D eigenvalue weighted by Gasteiger charge is -2.20. The Morgan fingerprint density at radius 1 is 0.931 bits per heavy atom. The van der Waals surface area contributed by atoms with Crippen molar-refractivity contribution in [2.45, 2.75) is 13.8 Å². The summed E-state index contributed by atoms with van der Waals surface area (Å²) in [5.74, 6) is 0.645. The lowest BCUT2D eigenvalue weighted by molar-refractivity contribution is 0.105. The van der Waals surface area contributed by atoms with E-state index in [1.54, 1.807) is 0 Å². The highest BCUT2D eigenvalue weighted by molar-refractivity contribution is 6.44. The number of nitrogens with zero attached hydrogens (tertiary/aromatic N) is 5. The second-order valence-electron chi connectivity index (χ2n) is 7.15. The van der Waals surface area contributed by atoms with Crippen LogP contribution in [0.1, 0.15) is 35.3 Å². The van der Waals surface area contributed by atoms with Crippen molar-refractivity contribution < 1.29 is 4.79 Å². The van der Waals surface area contributed by atoms with E-state index in [1.165, 1.54) is 0 Å². The van der Waals surface area contributed by atoms with Gasteiger partial charge in [0.05, 0.1) is 17.3 Å². The van der Waals surface area contributed by atoms with Crippen molar-refractivity contribution in [3.8, 4) is 0 Å². The van der Waals surface area contributed by atoms with Crippen LogP contribution in [-0.4, -0.2) is 45.2 Å². The van der Waals surface area contributed by atoms with Crippen LogP contribution in [0.25, 0.3) is 16.5 Å². The number of aryl methyl sites for hydroxylation is 1. The van der Waals surface area contributed by atoms with E-state index in [4.69, 9.17) is 9.98 Å². The highest BCUT2D eigenvalue weighted by atomic mass is 16.1. The minimum atomic E-state index is -0.0206. The number of ketones is 1. The monoisotopic (exact) mass is 383 g/mol. The molecule has 2 heterocycles. The lowest BCUT2D eigenvalue weighted by Crippen LogP contribution is -2.28. The molecule has 1 aliphatic carbocycles. The third-order valence-corrected chi connectivity index (χ3v) is 5.62. The first-order valence-corrected chi connectivity index (χ1v) is 9.86. The number of hydrogen-bond acceptors (Lipinski definition) is 5. The van der Waals surface area contributed by atoms with Gasteiger partial charge in [0.25, 0.3) is 0 Å². The van der Waals surface area contributed by atoms with E-state index >= 15 is 0 Å². The molecule has 1 aliphatic heterocycles. The maximum atomic E-state index is 13.6. The van der Waals surface area contributed by atoms with Crippen LogP contribution in [0.5, 0.6) is 0 Å². The van der Waals surface area contributed by atoms with Crippen LogP contribution in [-0.2, 0) is 7.05 Å². The zero-order valence-corrected chi connectivity index (χ0v) is 16.7. The minimum absolute atomic E-state index is 0.0206. The number of guanidine groups is 1. The van der Waals surface area contributed by atoms with E-state index < -0.39 is 0 Å². The highest BCUT2D eigenvalue weighted by Crippen LogP contribution is 2.38. The quantitative estimate of drug-likeness (QED) is 0.693. The summed E-state index contributed by atoms with van der Waals surface area (Å²) in [5.41, 5.74) is 5.31. The van der Waals surface area contributed by atoms with Crippen LogP contribution < -0.4 is 0 Å². The molecule has 0 radical (unpaired) electrons. The predicted octanol–water partition coefficient (Wildman–Crippen LogP) is 3.68. The Morgan fingerprint density at radius 3 is 2.41 bits per heavy atom. The van der Waals surface area contributed by atoms with Gasteiger partial charge in [0, 0.05) is 42.2 Å². The van der Waals surface area contributed by atoms with Gasteiger partial charge in [0.2, 0.25) is 5.96 Å². The third kappa shape index (κ3) is 2.49. The van der Waals surface area contributed by atoms with Crippen LogP contribution in [0.4, 0.5) is 0 Å². The van der Waals surface area contributed by atoms with Crippen molar-refractivity contribution in [3.05, 3.63) is 71.0 Å². The first-order chi connectivity index (χ1) is 14.1. The normalized spacial score (nSPS) is 15.3. The summed E-state index contributed by atoms with van der Waals surface area (Å²) < 4.78 is 1.81. The molecule has 144 valence electrons. The van der Waals surface area contributed by atoms with Crippen molar-refractivity contribution in [2.24, 2.45) is 17.0 Å². The third-order valence-electron chi connectivity index (χ3n) is 5.62. The van der Waals surface area contributed by atoms with Crippen LogP contribution in [0.2, 0.25) is 0 Å². The summed E-state index contributed by atoms with van der Waals surface area (Å²) >= 11 is 0. The zero-order chi connectivity index (χ0) is 20.1. The average Bonchev–Trinajstić information content (AvgIpc) is 3.34. The molecule has 29 heavy (non-hydrogen) atoms. The number of para-hydroxylation sites is 1. The molecule has 0 fully saturated rings. The van der Waals surface area contributed by atoms with Crippen LogP contribution in [0.15, 0.2) is 64.3 Å². The van der Waals surface area contributed by atoms with Crippen molar-refractivity contribution in [1.82, 2.24) is 14.7 Å². The maximum Gasteiger partial charge on any atom is 0.226 e. The van der Waals surface area contributed by atoms with E-state index in [9.17, 15) is 4.79 Å². The number of fused-ring (bicyclic) bond motifs is 4. The van der Waals surface area contributed by atoms with Gasteiger partial charge in [-0.1, -0.05) is 42.5 Å². The fourth-order valence-electron chi connectivity index (χ4n) is 4.16. The summed E-state index contributed by atoms with van der Waals surface area (Å²) in [6.45, 7) is 5.78. The Labute approximate surface area is 168 Å². The summed E-state index contributed by atoms with van der Waals surface area (Å²) in [6.07, 6.45) is 1.82. The molecule has 2 aliphatic rings. The van der Waals surface area contributed by atoms with E-state index in [2.05, 4.69) is 23.8 Å². The average molecular weight is 383 g/mol. The Morgan fingerprint density at radius 2 is 1.66 bits per heavy atom. The summed E-state index contributed by atoms with van der Waals surface area (Å²) in [5, 5.41) is 5.38. The van der Waals surface area contributed by atoms with Crippen molar-refractivity contribution >= 4 is 33.9 Å². The van der Waals surface area contributed by atoms with E-state index in [1.807, 2.05) is 60.4 Å². The molecule has 0 unspecified atom stereocenters. The highest BCUT2D eigenvalue weighted by Gasteiger charge is 2.36. The molecule has 0 spiro atoms. The summed E-state index contributed by atoms with van der Waals surface area (Å²) in [4.78, 5) is 25.4. The van der Waals surface area contributed by atoms with Crippen molar-refractivity contribution in [3.63, 3.8) is 0 Å². The first-order valence-electron chi connectivity index (χ1n) is 9.86. The molecule has 0 amide bonds. The molecule has 5 rings (SSSR count). The Hall–Kier alpha value is -3.54. The molecule has 6 nitrogen and oxygen atoms in total. The van der Waals surface area contributed by atoms with Gasteiger partial charge in [-0.05, 0) is 13.8 Å². The van der Waals surface area contributed by atoms with Gasteiger partial charge in [-0.15, -0.1) is 0 Å². The topological polar surface area (TPSA) is 62.9 Å². The Kier molecular flexibility index (Phi) is 3.94. The second-order valence-corrected chi connectivity index (χ2v) is 7.15. The molecule has 0 saturated carbocycles. The van der Waals surface area contributed by atoms with Gasteiger partial charge in [0.15, 0.2) is 5.78 Å². The molecular formula is C23H21N5O. The maximum absolute atomic E-state index is 13.6. The molecule has 0 bridgehead atoms. The number of allylic oxidation sites excluding steroid dienone is 2. The van der Waals surface area contributed by atoms with Gasteiger partial charge >= 0.3 is 0 Å². The predicted molar refractivity (Wildman–Crippen MR) is 115 cm³/mol. The molecular weight excluding hydrogens is 362 g/mol. The molecule has 1 aromatic heterocycles. The lowest BCUT2D eigenvalue weighted by atomic mass is 9.83. The van der Waals surface area contributed by atoms with Gasteiger partial charge in [-0.25, -0.2) is 9.98 Å². The number of hydrogen-bond donors (Lipinski definition) is 0. The molecule has 3 aromatic rings. The molecule has 0 N–H and O–H groups in total. The molecule has 0 saturated heterocycles. The number of Topliss-reactive ketones (excluding diaryl/α,β-unsaturated/α-hetero) is 1. The number of benzene rings is 2. The van der Waals surface area contributed by atoms with Gasteiger partial charge in [-0.2, -0.15) is 5.10 Å². The number of rotatable bonds is 3. The smallest absolute Gasteiger partial charge is 0.226 e. The standard InChI is InChI=1S/C23H21N5O/c1-4-28(5-2)23-25-19-15-10-6-7-11-16(15)22(29)18(20(19)26-23)17-12-8-9-14-13-24-27(3)21(14)17/h6-13H,4-5H2,1-3H3. The van der Waals surface area contributed by atoms with Crippen LogP contribution in [0.3, 0.4) is 0 Å². The largest absolute Gasteiger partial charge is 0.341 e. The molecule has 2 aromatic carbocycles.